The molecular formula is C16H20. The summed E-state index contributed by atoms with van der Waals surface area (Å²) in [7, 11) is 0. The number of aryl methyl sites for hydroxylation is 1. The zero-order chi connectivity index (χ0) is 11.2. The van der Waals surface area contributed by atoms with Crippen molar-refractivity contribution >= 4 is 12.2 Å². The Kier molecular flexibility index (Phi) is 2.20. The normalized spacial score (nSPS) is 21.4. The van der Waals surface area contributed by atoms with Gasteiger partial charge in [-0.2, -0.15) is 0 Å². The Morgan fingerprint density at radius 1 is 1.00 bits per heavy atom. The first-order valence-electron chi connectivity index (χ1n) is 6.51. The van der Waals surface area contributed by atoms with Crippen LogP contribution in [0.2, 0.25) is 0 Å². The molecule has 0 bridgehead atoms. The smallest absolute Gasteiger partial charge is 0.0100 e. The molecule has 16 heavy (non-hydrogen) atoms. The van der Waals surface area contributed by atoms with Crippen molar-refractivity contribution in [3.05, 3.63) is 33.7 Å². The van der Waals surface area contributed by atoms with Gasteiger partial charge in [0.05, 0.1) is 0 Å². The lowest BCUT2D eigenvalue weighted by atomic mass is 9.72. The van der Waals surface area contributed by atoms with E-state index in [1.807, 2.05) is 0 Å². The molecule has 0 saturated carbocycles. The van der Waals surface area contributed by atoms with Gasteiger partial charge >= 0.3 is 0 Å². The van der Waals surface area contributed by atoms with Crippen LogP contribution >= 0.6 is 0 Å². The van der Waals surface area contributed by atoms with Gasteiger partial charge in [0.15, 0.2) is 0 Å². The zero-order valence-electron chi connectivity index (χ0n) is 10.3. The van der Waals surface area contributed by atoms with Crippen LogP contribution in [0.4, 0.5) is 0 Å². The minimum Gasteiger partial charge on any atom is -0.0764 e. The summed E-state index contributed by atoms with van der Waals surface area (Å²) in [6.45, 7) is 4.79. The minimum absolute atomic E-state index is 0.383. The third kappa shape index (κ3) is 1.52. The van der Waals surface area contributed by atoms with E-state index < -0.39 is 0 Å². The lowest BCUT2D eigenvalue weighted by Gasteiger charge is -2.32. The van der Waals surface area contributed by atoms with Gasteiger partial charge in [0, 0.05) is 0 Å². The Morgan fingerprint density at radius 3 is 2.44 bits per heavy atom. The molecule has 0 heteroatoms. The SMILES string of the molecule is CC1(C)CCCc2cc3c(cc21)=CCCC=3. The van der Waals surface area contributed by atoms with Crippen molar-refractivity contribution in [2.24, 2.45) is 0 Å². The van der Waals surface area contributed by atoms with Crippen LogP contribution in [-0.2, 0) is 11.8 Å². The van der Waals surface area contributed by atoms with Gasteiger partial charge in [-0.3, -0.25) is 0 Å². The maximum absolute atomic E-state index is 2.46. The Morgan fingerprint density at radius 2 is 1.69 bits per heavy atom. The molecule has 1 aromatic rings. The lowest BCUT2D eigenvalue weighted by Crippen LogP contribution is -2.33. The molecule has 0 atom stereocenters. The van der Waals surface area contributed by atoms with Crippen molar-refractivity contribution in [1.82, 2.24) is 0 Å². The Labute approximate surface area is 97.7 Å². The van der Waals surface area contributed by atoms with Gasteiger partial charge in [0.1, 0.15) is 0 Å². The standard InChI is InChI=1S/C16H20/c1-16(2)9-5-8-14-10-12-6-3-4-7-13(12)11-15(14)16/h6-7,10-11H,3-5,8-9H2,1-2H3. The first-order valence-corrected chi connectivity index (χ1v) is 6.51. The third-order valence-corrected chi connectivity index (χ3v) is 4.18. The topological polar surface area (TPSA) is 0 Å². The average Bonchev–Trinajstić information content (AvgIpc) is 2.27. The molecule has 0 heterocycles. The molecule has 2 aliphatic carbocycles. The van der Waals surface area contributed by atoms with Crippen molar-refractivity contribution in [2.75, 3.05) is 0 Å². The van der Waals surface area contributed by atoms with Crippen molar-refractivity contribution in [3.63, 3.8) is 0 Å². The minimum atomic E-state index is 0.383. The highest BCUT2D eigenvalue weighted by Crippen LogP contribution is 2.35. The molecule has 0 spiro atoms. The second-order valence-corrected chi connectivity index (χ2v) is 5.86. The Balaban J connectivity index is 2.29. The van der Waals surface area contributed by atoms with Crippen molar-refractivity contribution in [3.8, 4) is 0 Å². The number of benzene rings is 1. The summed E-state index contributed by atoms with van der Waals surface area (Å²) in [4.78, 5) is 0. The second kappa shape index (κ2) is 3.48. The van der Waals surface area contributed by atoms with Gasteiger partial charge in [-0.1, -0.05) is 38.1 Å². The molecule has 84 valence electrons. The van der Waals surface area contributed by atoms with E-state index in [9.17, 15) is 0 Å². The van der Waals surface area contributed by atoms with Crippen molar-refractivity contribution < 1.29 is 0 Å². The molecule has 0 N–H and O–H groups in total. The van der Waals surface area contributed by atoms with Gasteiger partial charge in [-0.15, -0.1) is 0 Å². The van der Waals surface area contributed by atoms with Gasteiger partial charge in [0.2, 0.25) is 0 Å². The Bertz CT molecular complexity index is 532. The van der Waals surface area contributed by atoms with E-state index in [-0.39, 0.29) is 0 Å². The van der Waals surface area contributed by atoms with Gasteiger partial charge < -0.3 is 0 Å². The fraction of sp³-hybridized carbons (Fsp3) is 0.500. The summed E-state index contributed by atoms with van der Waals surface area (Å²) in [5.74, 6) is 0. The molecular weight excluding hydrogens is 192 g/mol. The Hall–Kier alpha value is -1.04. The number of hydrogen-bond acceptors (Lipinski definition) is 0. The largest absolute Gasteiger partial charge is 0.0764 e. The molecule has 0 saturated heterocycles. The molecule has 0 aliphatic heterocycles. The molecule has 2 aliphatic rings. The molecule has 0 fully saturated rings. The van der Waals surface area contributed by atoms with Crippen LogP contribution < -0.4 is 10.4 Å². The number of hydrogen-bond donors (Lipinski definition) is 0. The van der Waals surface area contributed by atoms with Gasteiger partial charge in [-0.05, 0) is 59.1 Å². The quantitative estimate of drug-likeness (QED) is 0.620. The van der Waals surface area contributed by atoms with Gasteiger partial charge in [-0.25, -0.2) is 0 Å². The summed E-state index contributed by atoms with van der Waals surface area (Å²) in [5, 5.41) is 2.95. The summed E-state index contributed by atoms with van der Waals surface area (Å²) < 4.78 is 0. The van der Waals surface area contributed by atoms with Gasteiger partial charge in [0.25, 0.3) is 0 Å². The molecule has 1 aromatic carbocycles. The number of fused-ring (bicyclic) bond motifs is 2. The van der Waals surface area contributed by atoms with E-state index in [4.69, 9.17) is 0 Å². The first-order chi connectivity index (χ1) is 7.67. The van der Waals surface area contributed by atoms with Crippen LogP contribution in [0.5, 0.6) is 0 Å². The zero-order valence-corrected chi connectivity index (χ0v) is 10.3. The predicted molar refractivity (Wildman–Crippen MR) is 69.8 cm³/mol. The van der Waals surface area contributed by atoms with Crippen LogP contribution in [-0.4, -0.2) is 0 Å². The van der Waals surface area contributed by atoms with Crippen molar-refractivity contribution in [1.29, 1.82) is 0 Å². The molecule has 0 aromatic heterocycles. The van der Waals surface area contributed by atoms with Crippen LogP contribution in [0.1, 0.15) is 50.7 Å². The highest BCUT2D eigenvalue weighted by molar-refractivity contribution is 5.45. The summed E-state index contributed by atoms with van der Waals surface area (Å²) in [6, 6.07) is 4.90. The lowest BCUT2D eigenvalue weighted by molar-refractivity contribution is 0.431. The van der Waals surface area contributed by atoms with E-state index in [2.05, 4.69) is 38.1 Å². The summed E-state index contributed by atoms with van der Waals surface area (Å²) in [5.41, 5.74) is 3.58. The predicted octanol–water partition coefficient (Wildman–Crippen LogP) is 2.66. The van der Waals surface area contributed by atoms with Crippen molar-refractivity contribution in [2.45, 2.75) is 51.4 Å². The molecule has 0 nitrogen and oxygen atoms in total. The second-order valence-electron chi connectivity index (χ2n) is 5.86. The summed E-state index contributed by atoms with van der Waals surface area (Å²) in [6.07, 6.45) is 11.2. The van der Waals surface area contributed by atoms with E-state index in [1.165, 1.54) is 42.5 Å². The maximum Gasteiger partial charge on any atom is -0.0100 e. The third-order valence-electron chi connectivity index (χ3n) is 4.18. The highest BCUT2D eigenvalue weighted by atomic mass is 14.3. The van der Waals surface area contributed by atoms with E-state index in [0.717, 1.165) is 0 Å². The van der Waals surface area contributed by atoms with E-state index in [1.54, 1.807) is 11.1 Å². The fourth-order valence-electron chi connectivity index (χ4n) is 3.20. The maximum atomic E-state index is 2.46. The fourth-order valence-corrected chi connectivity index (χ4v) is 3.20. The molecule has 0 amide bonds. The molecule has 3 rings (SSSR count). The van der Waals surface area contributed by atoms with Crippen LogP contribution in [0.3, 0.4) is 0 Å². The molecule has 0 radical (unpaired) electrons. The van der Waals surface area contributed by atoms with E-state index >= 15 is 0 Å². The van der Waals surface area contributed by atoms with Crippen LogP contribution in [0.15, 0.2) is 12.1 Å². The highest BCUT2D eigenvalue weighted by Gasteiger charge is 2.27. The molecule has 0 unspecified atom stereocenters. The summed E-state index contributed by atoms with van der Waals surface area (Å²) >= 11 is 0. The first kappa shape index (κ1) is 10.1. The van der Waals surface area contributed by atoms with E-state index in [0.29, 0.717) is 5.41 Å². The average molecular weight is 212 g/mol. The monoisotopic (exact) mass is 212 g/mol. The van der Waals surface area contributed by atoms with Crippen LogP contribution in [0, 0.1) is 0 Å². The van der Waals surface area contributed by atoms with Crippen LogP contribution in [0.25, 0.3) is 12.2 Å². The number of rotatable bonds is 0.